The van der Waals surface area contributed by atoms with Crippen molar-refractivity contribution in [2.45, 2.75) is 166 Å². The summed E-state index contributed by atoms with van der Waals surface area (Å²) in [6.07, 6.45) is 0.00571. The molecule has 0 aliphatic carbocycles. The second-order valence-corrected chi connectivity index (χ2v) is 28.5. The summed E-state index contributed by atoms with van der Waals surface area (Å²) in [6.45, 7) is 13.1. The molecule has 12 rings (SSSR count). The number of carbonyl (C=O) groups is 8. The van der Waals surface area contributed by atoms with E-state index in [-0.39, 0.29) is 75.7 Å². The number of ether oxygens (including phenoxy) is 5. The quantitative estimate of drug-likeness (QED) is 0.0419. The summed E-state index contributed by atoms with van der Waals surface area (Å²) < 4.78 is 56.9. The van der Waals surface area contributed by atoms with Gasteiger partial charge in [-0.15, -0.1) is 0 Å². The van der Waals surface area contributed by atoms with E-state index in [9.17, 15) is 52.2 Å². The highest BCUT2D eigenvalue weighted by molar-refractivity contribution is 5.94. The van der Waals surface area contributed by atoms with Crippen molar-refractivity contribution in [3.8, 4) is 0 Å². The Morgan fingerprint density at radius 1 is 0.509 bits per heavy atom. The average molecular weight is 1460 g/mol. The molecule has 4 aliphatic rings. The number of benzene rings is 6. The lowest BCUT2D eigenvalue weighted by molar-refractivity contribution is -0.146. The molecule has 0 unspecified atom stereocenters. The van der Waals surface area contributed by atoms with E-state index < -0.39 is 108 Å². The highest BCUT2D eigenvalue weighted by atomic mass is 19.1. The number of likely N-dealkylation sites (N-methyl/N-ethyl adjacent to an activating group) is 2. The van der Waals surface area contributed by atoms with Crippen LogP contribution in [0.4, 0.5) is 28.0 Å². The Balaban J connectivity index is 0.000000212. The van der Waals surface area contributed by atoms with Gasteiger partial charge in [-0.1, -0.05) is 121 Å². The SMILES string of the molecule is C[C@@H](O)[C@H](NC(=O)[C@H](C)N(C)C(=O)OCc1ccccc1)C(=O)N1CC[C@@H]2[C@H]1[C@@H](c1c[nH]c3cc(F)ccc13)CN2C(=O)OCc1ccccc1.C[C@@H](OC(C)(C)C)[C@H](NC(=O)[C@H](C)N(C)C(=O)OCc1ccccc1)C(=O)N1CC[C@@H]2[C@H]1[C@@H](c1c[nH]c3cc(F)ccc13)CN2C(=O)OCc1ccccc1. The van der Waals surface area contributed by atoms with Gasteiger partial charge in [0.15, 0.2) is 0 Å². The van der Waals surface area contributed by atoms with Crippen molar-refractivity contribution >= 4 is 69.8 Å². The number of H-pyrrole nitrogens is 2. The number of amides is 8. The van der Waals surface area contributed by atoms with Crippen LogP contribution in [0.3, 0.4) is 0 Å². The molecular weight excluding hydrogens is 1360 g/mol. The number of nitrogens with one attached hydrogen (secondary N) is 4. The molecule has 0 spiro atoms. The smallest absolute Gasteiger partial charge is 0.410 e. The Labute approximate surface area is 614 Å². The molecule has 0 saturated carbocycles. The van der Waals surface area contributed by atoms with Gasteiger partial charge in [0.25, 0.3) is 0 Å². The lowest BCUT2D eigenvalue weighted by atomic mass is 9.91. The first-order chi connectivity index (χ1) is 50.7. The number of likely N-dealkylation sites (tertiary alicyclic amines) is 4. The molecule has 6 heterocycles. The van der Waals surface area contributed by atoms with Gasteiger partial charge in [-0.05, 0) is 131 Å². The van der Waals surface area contributed by atoms with Crippen LogP contribution in [0.2, 0.25) is 0 Å². The molecular formula is C80H92F2N10O14. The Morgan fingerprint density at radius 3 is 1.22 bits per heavy atom. The second-order valence-electron chi connectivity index (χ2n) is 28.5. The van der Waals surface area contributed by atoms with Crippen LogP contribution in [0.25, 0.3) is 21.8 Å². The second kappa shape index (κ2) is 33.5. The number of halogens is 2. The van der Waals surface area contributed by atoms with Crippen molar-refractivity contribution in [1.29, 1.82) is 0 Å². The third-order valence-corrected chi connectivity index (χ3v) is 20.4. The van der Waals surface area contributed by atoms with Crippen LogP contribution in [-0.4, -0.2) is 199 Å². The molecule has 12 atom stereocenters. The molecule has 8 amide bonds. The lowest BCUT2D eigenvalue weighted by Gasteiger charge is -2.36. The molecule has 560 valence electrons. The first kappa shape index (κ1) is 76.3. The van der Waals surface area contributed by atoms with Gasteiger partial charge in [-0.3, -0.25) is 29.0 Å². The zero-order valence-electron chi connectivity index (χ0n) is 60.9. The summed E-state index contributed by atoms with van der Waals surface area (Å²) in [6, 6.07) is 39.7. The molecule has 0 radical (unpaired) electrons. The molecule has 24 nitrogen and oxygen atoms in total. The van der Waals surface area contributed by atoms with Crippen LogP contribution < -0.4 is 10.6 Å². The molecule has 4 aliphatic heterocycles. The fraction of sp³-hybridized carbons (Fsp3) is 0.400. The number of aromatic nitrogens is 2. The molecule has 4 fully saturated rings. The van der Waals surface area contributed by atoms with E-state index >= 15 is 0 Å². The number of aliphatic hydroxyl groups excluding tert-OH is 1. The Morgan fingerprint density at radius 2 is 0.858 bits per heavy atom. The Bertz CT molecular complexity index is 4410. The highest BCUT2D eigenvalue weighted by Crippen LogP contribution is 2.46. The van der Waals surface area contributed by atoms with Crippen LogP contribution in [-0.2, 0) is 69.3 Å². The van der Waals surface area contributed by atoms with Gasteiger partial charge in [0, 0.05) is 86.3 Å². The van der Waals surface area contributed by atoms with Crippen LogP contribution in [0.15, 0.2) is 170 Å². The van der Waals surface area contributed by atoms with Gasteiger partial charge in [-0.25, -0.2) is 28.0 Å². The van der Waals surface area contributed by atoms with Crippen molar-refractivity contribution < 1.29 is 75.9 Å². The number of aliphatic hydroxyl groups is 1. The minimum Gasteiger partial charge on any atom is -0.445 e. The summed E-state index contributed by atoms with van der Waals surface area (Å²) in [5.74, 6) is -3.66. The van der Waals surface area contributed by atoms with Gasteiger partial charge in [0.05, 0.1) is 42.0 Å². The Hall–Kier alpha value is -10.9. The van der Waals surface area contributed by atoms with Crippen molar-refractivity contribution in [2.24, 2.45) is 0 Å². The predicted octanol–water partition coefficient (Wildman–Crippen LogP) is 10.9. The Kier molecular flexibility index (Phi) is 24.1. The minimum atomic E-state index is -1.34. The maximum absolute atomic E-state index is 14.9. The van der Waals surface area contributed by atoms with E-state index in [1.165, 1.54) is 57.1 Å². The summed E-state index contributed by atoms with van der Waals surface area (Å²) >= 11 is 0. The third kappa shape index (κ3) is 17.6. The van der Waals surface area contributed by atoms with E-state index in [0.717, 1.165) is 49.1 Å². The van der Waals surface area contributed by atoms with Gasteiger partial charge in [0.2, 0.25) is 23.6 Å². The summed E-state index contributed by atoms with van der Waals surface area (Å²) in [5, 5.41) is 17.9. The largest absolute Gasteiger partial charge is 0.445 e. The lowest BCUT2D eigenvalue weighted by Crippen LogP contribution is -2.60. The monoisotopic (exact) mass is 1450 g/mol. The fourth-order valence-corrected chi connectivity index (χ4v) is 14.7. The normalized spacial score (nSPS) is 19.8. The first-order valence-corrected chi connectivity index (χ1v) is 35.7. The topological polar surface area (TPSA) is 278 Å². The van der Waals surface area contributed by atoms with Crippen molar-refractivity contribution in [1.82, 2.24) is 50.0 Å². The number of aromatic amines is 2. The number of fused-ring (bicyclic) bond motifs is 4. The minimum absolute atomic E-state index is 0.0218. The third-order valence-electron chi connectivity index (χ3n) is 20.4. The van der Waals surface area contributed by atoms with Crippen LogP contribution in [0.1, 0.15) is 107 Å². The fourth-order valence-electron chi connectivity index (χ4n) is 14.7. The van der Waals surface area contributed by atoms with Crippen molar-refractivity contribution in [3.63, 3.8) is 0 Å². The number of rotatable bonds is 21. The molecule has 4 saturated heterocycles. The first-order valence-electron chi connectivity index (χ1n) is 35.7. The number of carbonyl (C=O) groups excluding carboxylic acids is 8. The van der Waals surface area contributed by atoms with E-state index in [1.54, 1.807) is 51.8 Å². The van der Waals surface area contributed by atoms with E-state index in [2.05, 4.69) is 20.6 Å². The van der Waals surface area contributed by atoms with Gasteiger partial charge < -0.3 is 69.0 Å². The van der Waals surface area contributed by atoms with Gasteiger partial charge >= 0.3 is 24.4 Å². The molecule has 106 heavy (non-hydrogen) atoms. The maximum atomic E-state index is 14.9. The van der Waals surface area contributed by atoms with Crippen LogP contribution in [0, 0.1) is 11.6 Å². The molecule has 0 bridgehead atoms. The molecule has 26 heteroatoms. The van der Waals surface area contributed by atoms with Crippen LogP contribution in [0.5, 0.6) is 0 Å². The highest BCUT2D eigenvalue weighted by Gasteiger charge is 2.56. The molecule has 2 aromatic heterocycles. The number of hydrogen-bond acceptors (Lipinski definition) is 14. The summed E-state index contributed by atoms with van der Waals surface area (Å²) in [4.78, 5) is 125. The molecule has 8 aromatic rings. The summed E-state index contributed by atoms with van der Waals surface area (Å²) in [7, 11) is 2.89. The number of nitrogens with zero attached hydrogens (tertiary/aromatic N) is 6. The van der Waals surface area contributed by atoms with Crippen LogP contribution >= 0.6 is 0 Å². The summed E-state index contributed by atoms with van der Waals surface area (Å²) in [5.41, 5.74) is 5.44. The zero-order valence-corrected chi connectivity index (χ0v) is 60.9. The molecule has 5 N–H and O–H groups in total. The van der Waals surface area contributed by atoms with Crippen molar-refractivity contribution in [3.05, 3.63) is 215 Å². The van der Waals surface area contributed by atoms with E-state index in [1.807, 2.05) is 148 Å². The van der Waals surface area contributed by atoms with E-state index in [0.29, 0.717) is 30.4 Å². The zero-order chi connectivity index (χ0) is 75.7. The van der Waals surface area contributed by atoms with Gasteiger partial charge in [-0.2, -0.15) is 0 Å². The van der Waals surface area contributed by atoms with E-state index in [4.69, 9.17) is 23.7 Å². The maximum Gasteiger partial charge on any atom is 0.410 e. The molecule has 6 aromatic carbocycles. The number of hydrogen-bond donors (Lipinski definition) is 5. The predicted molar refractivity (Wildman–Crippen MR) is 390 cm³/mol. The average Bonchev–Trinajstić information content (AvgIpc) is 1.59. The van der Waals surface area contributed by atoms with Gasteiger partial charge in [0.1, 0.15) is 62.2 Å². The standard InChI is InChI=1S/C42H50FN5O7.C38H42FN5O7/c1-26(46(6)40(51)53-24-28-13-9-7-10-14-28)38(49)45-36(27(2)55-42(3,4)5)39(50)47-20-19-35-37(47)33(32-22-44-34-21-30(43)17-18-31(32)34)23-48(35)41(52)54-25-29-15-11-8-12-16-29;1-23(42(3)37(48)50-21-25-10-6-4-7-11-25)35(46)41-33(24(2)45)36(47)43-17-16-32-34(43)30(29-19-40-31-18-27(39)14-15-28(29)31)20-44(32)38(49)51-22-26-12-8-5-9-13-26/h7-18,21-22,26-27,33,35-37,44H,19-20,23-25H2,1-6H3,(H,45,49);4-15,18-19,23-24,30,32-34,40,45H,16-17,20-22H2,1-3H3,(H,41,46)/t26-,27+,33+,35+,36-,37+;23-,24+,30+,32+,33-,34+/m00/s1. The van der Waals surface area contributed by atoms with Crippen molar-refractivity contribution in [2.75, 3.05) is 40.3 Å².